The highest BCUT2D eigenvalue weighted by atomic mass is 32.1. The summed E-state index contributed by atoms with van der Waals surface area (Å²) in [5.41, 5.74) is 0. The van der Waals surface area contributed by atoms with Crippen molar-refractivity contribution in [3.05, 3.63) is 22.4 Å². The van der Waals surface area contributed by atoms with Crippen molar-refractivity contribution in [1.82, 2.24) is 5.32 Å². The topological polar surface area (TPSA) is 49.3 Å². The maximum atomic E-state index is 11.1. The first-order chi connectivity index (χ1) is 7.65. The van der Waals surface area contributed by atoms with Crippen LogP contribution >= 0.6 is 11.3 Å². The zero-order chi connectivity index (χ0) is 12.0. The lowest BCUT2D eigenvalue weighted by atomic mass is 10.1. The SMILES string of the molecule is CCCCC(NC(C)c1cccs1)C(=O)O. The number of carboxylic acid groups (broad SMARTS) is 1. The quantitative estimate of drug-likeness (QED) is 0.771. The van der Waals surface area contributed by atoms with Crippen LogP contribution in [0.4, 0.5) is 0 Å². The third kappa shape index (κ3) is 3.94. The van der Waals surface area contributed by atoms with E-state index in [0.717, 1.165) is 12.8 Å². The first kappa shape index (κ1) is 13.2. The molecule has 2 atom stereocenters. The van der Waals surface area contributed by atoms with Crippen molar-refractivity contribution in [2.75, 3.05) is 0 Å². The van der Waals surface area contributed by atoms with E-state index in [-0.39, 0.29) is 6.04 Å². The molecule has 0 fully saturated rings. The fraction of sp³-hybridized carbons (Fsp3) is 0.583. The van der Waals surface area contributed by atoms with Gasteiger partial charge < -0.3 is 5.11 Å². The van der Waals surface area contributed by atoms with Crippen molar-refractivity contribution >= 4 is 17.3 Å². The second-order valence-electron chi connectivity index (χ2n) is 3.94. The molecule has 1 rings (SSSR count). The van der Waals surface area contributed by atoms with Crippen molar-refractivity contribution in [1.29, 1.82) is 0 Å². The number of nitrogens with one attached hydrogen (secondary N) is 1. The normalized spacial score (nSPS) is 14.6. The smallest absolute Gasteiger partial charge is 0.320 e. The molecule has 2 N–H and O–H groups in total. The molecule has 90 valence electrons. The minimum atomic E-state index is -0.753. The first-order valence-corrected chi connectivity index (χ1v) is 6.55. The zero-order valence-corrected chi connectivity index (χ0v) is 10.6. The monoisotopic (exact) mass is 241 g/mol. The summed E-state index contributed by atoms with van der Waals surface area (Å²) in [6, 6.07) is 3.69. The van der Waals surface area contributed by atoms with Crippen LogP contribution in [-0.2, 0) is 4.79 Å². The van der Waals surface area contributed by atoms with Gasteiger partial charge in [-0.25, -0.2) is 0 Å². The largest absolute Gasteiger partial charge is 0.480 e. The van der Waals surface area contributed by atoms with Gasteiger partial charge in [-0.2, -0.15) is 0 Å². The number of thiophene rings is 1. The molecular formula is C12H19NO2S. The summed E-state index contributed by atoms with van der Waals surface area (Å²) in [6.07, 6.45) is 2.67. The Morgan fingerprint density at radius 2 is 2.38 bits per heavy atom. The van der Waals surface area contributed by atoms with Gasteiger partial charge in [0.2, 0.25) is 0 Å². The lowest BCUT2D eigenvalue weighted by Crippen LogP contribution is -2.38. The number of rotatable bonds is 7. The van der Waals surface area contributed by atoms with Gasteiger partial charge in [-0.15, -0.1) is 11.3 Å². The number of carboxylic acids is 1. The predicted molar refractivity (Wildman–Crippen MR) is 66.8 cm³/mol. The summed E-state index contributed by atoms with van der Waals surface area (Å²) in [4.78, 5) is 12.2. The highest BCUT2D eigenvalue weighted by molar-refractivity contribution is 7.10. The Morgan fingerprint density at radius 1 is 1.62 bits per heavy atom. The van der Waals surface area contributed by atoms with Crippen LogP contribution in [0.3, 0.4) is 0 Å². The first-order valence-electron chi connectivity index (χ1n) is 5.67. The van der Waals surface area contributed by atoms with Crippen LogP contribution in [0.2, 0.25) is 0 Å². The van der Waals surface area contributed by atoms with Gasteiger partial charge in [-0.05, 0) is 24.8 Å². The second-order valence-corrected chi connectivity index (χ2v) is 4.92. The Labute approximate surface area is 100 Å². The average molecular weight is 241 g/mol. The van der Waals surface area contributed by atoms with Crippen molar-refractivity contribution in [2.24, 2.45) is 0 Å². The number of unbranched alkanes of at least 4 members (excludes halogenated alkanes) is 1. The third-order valence-corrected chi connectivity index (χ3v) is 3.62. The summed E-state index contributed by atoms with van der Waals surface area (Å²) in [5.74, 6) is -0.753. The number of hydrogen-bond acceptors (Lipinski definition) is 3. The molecule has 0 saturated carbocycles. The molecule has 0 spiro atoms. The van der Waals surface area contributed by atoms with E-state index in [9.17, 15) is 4.79 Å². The molecule has 0 radical (unpaired) electrons. The molecule has 3 nitrogen and oxygen atoms in total. The maximum absolute atomic E-state index is 11.1. The molecule has 1 aromatic rings. The molecule has 1 heterocycles. The number of carbonyl (C=O) groups is 1. The second kappa shape index (κ2) is 6.66. The number of hydrogen-bond donors (Lipinski definition) is 2. The van der Waals surface area contributed by atoms with Crippen LogP contribution in [0, 0.1) is 0 Å². The predicted octanol–water partition coefficient (Wildman–Crippen LogP) is 3.04. The zero-order valence-electron chi connectivity index (χ0n) is 9.77. The van der Waals surface area contributed by atoms with Crippen molar-refractivity contribution in [3.8, 4) is 0 Å². The minimum Gasteiger partial charge on any atom is -0.480 e. The van der Waals surface area contributed by atoms with Crippen LogP contribution in [0.25, 0.3) is 0 Å². The van der Waals surface area contributed by atoms with Gasteiger partial charge in [-0.1, -0.05) is 25.8 Å². The van der Waals surface area contributed by atoms with Gasteiger partial charge in [0.15, 0.2) is 0 Å². The molecule has 2 unspecified atom stereocenters. The lowest BCUT2D eigenvalue weighted by molar-refractivity contribution is -0.139. The van der Waals surface area contributed by atoms with Crippen LogP contribution < -0.4 is 5.32 Å². The Balaban J connectivity index is 2.51. The van der Waals surface area contributed by atoms with Gasteiger partial charge in [0, 0.05) is 10.9 Å². The Hall–Kier alpha value is -0.870. The van der Waals surface area contributed by atoms with Gasteiger partial charge in [-0.3, -0.25) is 10.1 Å². The van der Waals surface area contributed by atoms with Gasteiger partial charge in [0.05, 0.1) is 0 Å². The highest BCUT2D eigenvalue weighted by Gasteiger charge is 2.19. The van der Waals surface area contributed by atoms with Crippen LogP contribution in [0.5, 0.6) is 0 Å². The van der Waals surface area contributed by atoms with Crippen LogP contribution in [-0.4, -0.2) is 17.1 Å². The standard InChI is InChI=1S/C12H19NO2S/c1-3-4-6-10(12(14)15)13-9(2)11-7-5-8-16-11/h5,7-10,13H,3-4,6H2,1-2H3,(H,14,15). The molecule has 1 aromatic heterocycles. The van der Waals surface area contributed by atoms with E-state index in [1.165, 1.54) is 4.88 Å². The Kier molecular flexibility index (Phi) is 5.49. The Morgan fingerprint density at radius 3 is 2.88 bits per heavy atom. The fourth-order valence-electron chi connectivity index (χ4n) is 1.61. The van der Waals surface area contributed by atoms with E-state index in [1.807, 2.05) is 24.4 Å². The fourth-order valence-corrected chi connectivity index (χ4v) is 2.35. The summed E-state index contributed by atoms with van der Waals surface area (Å²) in [7, 11) is 0. The van der Waals surface area contributed by atoms with E-state index >= 15 is 0 Å². The molecule has 0 bridgehead atoms. The molecular weight excluding hydrogens is 222 g/mol. The molecule has 0 aliphatic heterocycles. The van der Waals surface area contributed by atoms with Gasteiger partial charge >= 0.3 is 5.97 Å². The maximum Gasteiger partial charge on any atom is 0.320 e. The van der Waals surface area contributed by atoms with E-state index in [0.29, 0.717) is 6.42 Å². The van der Waals surface area contributed by atoms with E-state index in [2.05, 4.69) is 12.2 Å². The molecule has 0 saturated heterocycles. The van der Waals surface area contributed by atoms with Crippen molar-refractivity contribution < 1.29 is 9.90 Å². The summed E-state index contributed by atoms with van der Waals surface area (Å²) in [5, 5.41) is 14.3. The molecule has 0 amide bonds. The van der Waals surface area contributed by atoms with E-state index in [4.69, 9.17) is 5.11 Å². The average Bonchev–Trinajstić information content (AvgIpc) is 2.76. The van der Waals surface area contributed by atoms with Gasteiger partial charge in [0.1, 0.15) is 6.04 Å². The third-order valence-electron chi connectivity index (χ3n) is 2.57. The number of aliphatic carboxylic acids is 1. The molecule has 16 heavy (non-hydrogen) atoms. The van der Waals surface area contributed by atoms with Crippen molar-refractivity contribution in [3.63, 3.8) is 0 Å². The molecule has 0 aliphatic carbocycles. The summed E-state index contributed by atoms with van der Waals surface area (Å²) in [6.45, 7) is 4.08. The highest BCUT2D eigenvalue weighted by Crippen LogP contribution is 2.19. The summed E-state index contributed by atoms with van der Waals surface area (Å²) >= 11 is 1.65. The minimum absolute atomic E-state index is 0.109. The van der Waals surface area contributed by atoms with Gasteiger partial charge in [0.25, 0.3) is 0 Å². The van der Waals surface area contributed by atoms with Crippen molar-refractivity contribution in [2.45, 2.75) is 45.2 Å². The van der Waals surface area contributed by atoms with Crippen LogP contribution in [0.1, 0.15) is 44.0 Å². The molecule has 0 aliphatic rings. The lowest BCUT2D eigenvalue weighted by Gasteiger charge is -2.19. The molecule has 4 heteroatoms. The van der Waals surface area contributed by atoms with E-state index in [1.54, 1.807) is 11.3 Å². The summed E-state index contributed by atoms with van der Waals surface area (Å²) < 4.78 is 0. The van der Waals surface area contributed by atoms with Crippen LogP contribution in [0.15, 0.2) is 17.5 Å². The van der Waals surface area contributed by atoms with E-state index < -0.39 is 12.0 Å². The Bertz CT molecular complexity index is 311. The molecule has 0 aromatic carbocycles.